The van der Waals surface area contributed by atoms with Crippen LogP contribution in [0.25, 0.3) is 0 Å². The third kappa shape index (κ3) is 5.67. The summed E-state index contributed by atoms with van der Waals surface area (Å²) in [5.41, 5.74) is 1.09. The zero-order chi connectivity index (χ0) is 20.0. The van der Waals surface area contributed by atoms with E-state index < -0.39 is 18.0 Å². The Bertz CT molecular complexity index is 827. The van der Waals surface area contributed by atoms with E-state index in [9.17, 15) is 14.4 Å². The number of hydrogen-bond acceptors (Lipinski definition) is 5. The molecule has 0 aliphatic rings. The lowest BCUT2D eigenvalue weighted by Gasteiger charge is -2.15. The van der Waals surface area contributed by atoms with E-state index in [4.69, 9.17) is 9.47 Å². The molecule has 1 amide bonds. The number of carbonyl (C=O) groups excluding carboxylic acids is 3. The Hall–Kier alpha value is -3.15. The highest BCUT2D eigenvalue weighted by Crippen LogP contribution is 2.17. The number of nitrogens with one attached hydrogen (secondary N) is 1. The van der Waals surface area contributed by atoms with E-state index in [0.717, 1.165) is 0 Å². The summed E-state index contributed by atoms with van der Waals surface area (Å²) in [5, 5.41) is 2.62. The maximum Gasteiger partial charge on any atom is 0.338 e. The van der Waals surface area contributed by atoms with Gasteiger partial charge < -0.3 is 14.8 Å². The Morgan fingerprint density at radius 3 is 2.15 bits per heavy atom. The lowest BCUT2D eigenvalue weighted by molar-refractivity contribution is -0.123. The van der Waals surface area contributed by atoms with Gasteiger partial charge in [-0.3, -0.25) is 9.59 Å². The maximum atomic E-state index is 12.3. The maximum absolute atomic E-state index is 12.3. The highest BCUT2D eigenvalue weighted by molar-refractivity contribution is 6.05. The first-order valence-electron chi connectivity index (χ1n) is 8.66. The first-order valence-corrected chi connectivity index (χ1v) is 8.66. The minimum atomic E-state index is -1.02. The van der Waals surface area contributed by atoms with Crippen molar-refractivity contribution in [2.75, 3.05) is 5.32 Å². The normalized spacial score (nSPS) is 11.6. The lowest BCUT2D eigenvalue weighted by atomic mass is 10.1. The van der Waals surface area contributed by atoms with Gasteiger partial charge in [0.1, 0.15) is 5.75 Å². The molecule has 1 unspecified atom stereocenters. The molecule has 0 spiro atoms. The van der Waals surface area contributed by atoms with Crippen molar-refractivity contribution in [2.45, 2.75) is 39.9 Å². The molecule has 6 heteroatoms. The van der Waals surface area contributed by atoms with Crippen LogP contribution in [-0.2, 0) is 9.53 Å². The summed E-state index contributed by atoms with van der Waals surface area (Å²) in [6.45, 7) is 6.71. The predicted octanol–water partition coefficient (Wildman–Crippen LogP) is 3.86. The Morgan fingerprint density at radius 2 is 1.56 bits per heavy atom. The van der Waals surface area contributed by atoms with Gasteiger partial charge in [0.15, 0.2) is 11.9 Å². The summed E-state index contributed by atoms with van der Waals surface area (Å²) in [6.07, 6.45) is -0.992. The Labute approximate surface area is 158 Å². The molecule has 2 aromatic rings. The van der Waals surface area contributed by atoms with E-state index in [0.29, 0.717) is 22.6 Å². The fraction of sp³-hybridized carbons (Fsp3) is 0.286. The Balaban J connectivity index is 1.99. The number of carbonyl (C=O) groups is 3. The molecule has 1 N–H and O–H groups in total. The van der Waals surface area contributed by atoms with Gasteiger partial charge in [0, 0.05) is 5.56 Å². The monoisotopic (exact) mass is 369 g/mol. The molecule has 0 aliphatic heterocycles. The fourth-order valence-corrected chi connectivity index (χ4v) is 2.36. The summed E-state index contributed by atoms with van der Waals surface area (Å²) in [6, 6.07) is 13.2. The van der Waals surface area contributed by atoms with Gasteiger partial charge in [-0.25, -0.2) is 4.79 Å². The van der Waals surface area contributed by atoms with E-state index in [1.54, 1.807) is 48.5 Å². The first-order chi connectivity index (χ1) is 12.8. The predicted molar refractivity (Wildman–Crippen MR) is 102 cm³/mol. The van der Waals surface area contributed by atoms with Gasteiger partial charge in [-0.2, -0.15) is 0 Å². The van der Waals surface area contributed by atoms with Crippen LogP contribution in [0.1, 0.15) is 48.4 Å². The van der Waals surface area contributed by atoms with Crippen molar-refractivity contribution in [1.29, 1.82) is 0 Å². The molecule has 6 nitrogen and oxygen atoms in total. The fourth-order valence-electron chi connectivity index (χ4n) is 2.36. The number of para-hydroxylation sites is 1. The van der Waals surface area contributed by atoms with Crippen LogP contribution in [-0.4, -0.2) is 29.9 Å². The molecule has 27 heavy (non-hydrogen) atoms. The second kappa shape index (κ2) is 8.98. The molecular weight excluding hydrogens is 346 g/mol. The average Bonchev–Trinajstić information content (AvgIpc) is 2.61. The molecule has 1 atom stereocenters. The van der Waals surface area contributed by atoms with E-state index in [2.05, 4.69) is 5.32 Å². The number of amides is 1. The zero-order valence-corrected chi connectivity index (χ0v) is 15.8. The molecule has 0 aliphatic carbocycles. The number of Topliss-reactive ketones (excluding diaryl/α,β-unsaturated/α-hetero) is 1. The van der Waals surface area contributed by atoms with Crippen LogP contribution in [0.5, 0.6) is 5.75 Å². The third-order valence-electron chi connectivity index (χ3n) is 3.68. The Kier molecular flexibility index (Phi) is 6.71. The largest absolute Gasteiger partial charge is 0.491 e. The van der Waals surface area contributed by atoms with Crippen molar-refractivity contribution in [3.8, 4) is 5.75 Å². The number of ether oxygens (including phenoxy) is 2. The third-order valence-corrected chi connectivity index (χ3v) is 3.68. The van der Waals surface area contributed by atoms with Crippen molar-refractivity contribution in [2.24, 2.45) is 0 Å². The molecule has 0 heterocycles. The van der Waals surface area contributed by atoms with Gasteiger partial charge in [0.05, 0.1) is 17.4 Å². The minimum absolute atomic E-state index is 0.0319. The molecule has 0 bridgehead atoms. The van der Waals surface area contributed by atoms with Gasteiger partial charge in [0.25, 0.3) is 5.91 Å². The van der Waals surface area contributed by atoms with Crippen molar-refractivity contribution in [3.63, 3.8) is 0 Å². The average molecular weight is 369 g/mol. The quantitative estimate of drug-likeness (QED) is 0.592. The second-order valence-electron chi connectivity index (χ2n) is 6.33. The summed E-state index contributed by atoms with van der Waals surface area (Å²) in [7, 11) is 0. The molecular formula is C21H23NO5. The van der Waals surface area contributed by atoms with Crippen LogP contribution in [0.2, 0.25) is 0 Å². The van der Waals surface area contributed by atoms with Gasteiger partial charge in [0.2, 0.25) is 0 Å². The smallest absolute Gasteiger partial charge is 0.338 e. The van der Waals surface area contributed by atoms with Crippen molar-refractivity contribution in [3.05, 3.63) is 59.7 Å². The molecule has 2 rings (SSSR count). The molecule has 0 radical (unpaired) electrons. The van der Waals surface area contributed by atoms with Crippen molar-refractivity contribution in [1.82, 2.24) is 0 Å². The minimum Gasteiger partial charge on any atom is -0.491 e. The number of benzene rings is 2. The van der Waals surface area contributed by atoms with Crippen LogP contribution in [0.3, 0.4) is 0 Å². The number of rotatable bonds is 7. The van der Waals surface area contributed by atoms with Gasteiger partial charge >= 0.3 is 5.97 Å². The van der Waals surface area contributed by atoms with Crippen LogP contribution >= 0.6 is 0 Å². The van der Waals surface area contributed by atoms with E-state index >= 15 is 0 Å². The summed E-state index contributed by atoms with van der Waals surface area (Å²) in [5.74, 6) is -0.655. The van der Waals surface area contributed by atoms with Crippen LogP contribution < -0.4 is 10.1 Å². The van der Waals surface area contributed by atoms with Crippen LogP contribution in [0.15, 0.2) is 48.5 Å². The summed E-state index contributed by atoms with van der Waals surface area (Å²) >= 11 is 0. The van der Waals surface area contributed by atoms with Crippen LogP contribution in [0, 0.1) is 0 Å². The molecule has 0 saturated heterocycles. The van der Waals surface area contributed by atoms with Gasteiger partial charge in [-0.1, -0.05) is 12.1 Å². The molecule has 142 valence electrons. The standard InChI is InChI=1S/C21H23NO5/c1-13(2)26-17-11-9-16(10-12-17)21(25)27-15(4)20(24)22-19-8-6-5-7-18(19)14(3)23/h5-13,15H,1-4H3,(H,22,24). The SMILES string of the molecule is CC(=O)c1ccccc1NC(=O)C(C)OC(=O)c1ccc(OC(C)C)cc1. The number of anilines is 1. The van der Waals surface area contributed by atoms with Gasteiger partial charge in [-0.15, -0.1) is 0 Å². The number of ketones is 1. The van der Waals surface area contributed by atoms with Crippen molar-refractivity contribution >= 4 is 23.3 Å². The molecule has 0 aromatic heterocycles. The molecule has 0 fully saturated rings. The highest BCUT2D eigenvalue weighted by Gasteiger charge is 2.20. The van der Waals surface area contributed by atoms with E-state index in [1.165, 1.54) is 13.8 Å². The zero-order valence-electron chi connectivity index (χ0n) is 15.8. The van der Waals surface area contributed by atoms with Crippen molar-refractivity contribution < 1.29 is 23.9 Å². The molecule has 0 saturated carbocycles. The Morgan fingerprint density at radius 1 is 0.926 bits per heavy atom. The van der Waals surface area contributed by atoms with Gasteiger partial charge in [-0.05, 0) is 64.1 Å². The number of esters is 1. The molecule has 2 aromatic carbocycles. The second-order valence-corrected chi connectivity index (χ2v) is 6.33. The topological polar surface area (TPSA) is 81.7 Å². The lowest BCUT2D eigenvalue weighted by Crippen LogP contribution is -2.30. The van der Waals surface area contributed by atoms with E-state index in [-0.39, 0.29) is 11.9 Å². The highest BCUT2D eigenvalue weighted by atomic mass is 16.5. The number of hydrogen-bond donors (Lipinski definition) is 1. The summed E-state index contributed by atoms with van der Waals surface area (Å²) < 4.78 is 10.7. The first kappa shape index (κ1) is 20.2. The van der Waals surface area contributed by atoms with Crippen LogP contribution in [0.4, 0.5) is 5.69 Å². The van der Waals surface area contributed by atoms with E-state index in [1.807, 2.05) is 13.8 Å². The summed E-state index contributed by atoms with van der Waals surface area (Å²) in [4.78, 5) is 36.2.